The summed E-state index contributed by atoms with van der Waals surface area (Å²) >= 11 is 1.54. The van der Waals surface area contributed by atoms with Crippen LogP contribution in [0.3, 0.4) is 0 Å². The Morgan fingerprint density at radius 3 is 2.11 bits per heavy atom. The van der Waals surface area contributed by atoms with Crippen LogP contribution in [0, 0.1) is 0 Å². The summed E-state index contributed by atoms with van der Waals surface area (Å²) in [4.78, 5) is 22.8. The Balaban J connectivity index is 4.14. The minimum absolute atomic E-state index is 0.191. The van der Waals surface area contributed by atoms with E-state index in [4.69, 9.17) is 0 Å². The third-order valence-corrected chi connectivity index (χ3v) is 5.04. The first-order valence-electron chi connectivity index (χ1n) is 9.80. The molecule has 1 unspecified atom stereocenters. The van der Waals surface area contributed by atoms with Crippen LogP contribution in [0.25, 0.3) is 0 Å². The van der Waals surface area contributed by atoms with E-state index in [1.54, 1.807) is 0 Å². The molecule has 0 aromatic carbocycles. The largest absolute Gasteiger partial charge is 0.480 e. The number of amides is 1. The van der Waals surface area contributed by atoms with Gasteiger partial charge in [0.2, 0.25) is 5.91 Å². The predicted molar refractivity (Wildman–Crippen MR) is 117 cm³/mol. The van der Waals surface area contributed by atoms with Crippen molar-refractivity contribution in [2.45, 2.75) is 79.2 Å². The minimum Gasteiger partial charge on any atom is -0.480 e. The number of rotatable bonds is 14. The van der Waals surface area contributed by atoms with Crippen molar-refractivity contribution in [2.75, 3.05) is 11.5 Å². The molecule has 0 saturated heterocycles. The van der Waals surface area contributed by atoms with Gasteiger partial charge in [-0.3, -0.25) is 4.79 Å². The second kappa shape index (κ2) is 15.6. The van der Waals surface area contributed by atoms with Crippen LogP contribution in [-0.4, -0.2) is 34.5 Å². The van der Waals surface area contributed by atoms with Crippen LogP contribution in [0.1, 0.15) is 73.1 Å². The van der Waals surface area contributed by atoms with Gasteiger partial charge in [-0.2, -0.15) is 11.8 Å². The predicted octanol–water partition coefficient (Wildman–Crippen LogP) is 5.51. The van der Waals surface area contributed by atoms with Crippen LogP contribution < -0.4 is 5.32 Å². The van der Waals surface area contributed by atoms with E-state index in [1.165, 1.54) is 28.5 Å². The molecule has 0 saturated carbocycles. The first kappa shape index (κ1) is 25.5. The highest BCUT2D eigenvalue weighted by Gasteiger charge is 2.18. The summed E-state index contributed by atoms with van der Waals surface area (Å²) < 4.78 is 0. The smallest absolute Gasteiger partial charge is 0.327 e. The molecule has 0 aromatic rings. The van der Waals surface area contributed by atoms with E-state index in [0.717, 1.165) is 37.9 Å². The Kier molecular flexibility index (Phi) is 14.7. The van der Waals surface area contributed by atoms with Crippen molar-refractivity contribution in [3.63, 3.8) is 0 Å². The second-order valence-electron chi connectivity index (χ2n) is 7.21. The van der Waals surface area contributed by atoms with Gasteiger partial charge in [-0.25, -0.2) is 4.79 Å². The van der Waals surface area contributed by atoms with Gasteiger partial charge in [-0.05, 0) is 59.8 Å². The van der Waals surface area contributed by atoms with Gasteiger partial charge in [0.15, 0.2) is 0 Å². The highest BCUT2D eigenvalue weighted by molar-refractivity contribution is 7.99. The molecule has 0 aliphatic heterocycles. The molecule has 2 N–H and O–H groups in total. The van der Waals surface area contributed by atoms with E-state index >= 15 is 0 Å². The maximum absolute atomic E-state index is 11.6. The molecule has 5 heteroatoms. The summed E-state index contributed by atoms with van der Waals surface area (Å²) in [5.41, 5.74) is 4.12. The van der Waals surface area contributed by atoms with Crippen LogP contribution in [0.15, 0.2) is 34.9 Å². The van der Waals surface area contributed by atoms with Gasteiger partial charge in [-0.15, -0.1) is 0 Å². The molecule has 0 aromatic heterocycles. The number of allylic oxidation sites excluding steroid dienone is 5. The highest BCUT2D eigenvalue weighted by atomic mass is 32.2. The molecular weight excluding hydrogens is 358 g/mol. The maximum atomic E-state index is 11.6. The van der Waals surface area contributed by atoms with E-state index in [9.17, 15) is 14.7 Å². The lowest BCUT2D eigenvalue weighted by Crippen LogP contribution is -2.42. The highest BCUT2D eigenvalue weighted by Crippen LogP contribution is 2.13. The molecule has 0 fully saturated rings. The van der Waals surface area contributed by atoms with Crippen LogP contribution in [0.4, 0.5) is 0 Å². The van der Waals surface area contributed by atoms with Crippen LogP contribution in [-0.2, 0) is 9.59 Å². The van der Waals surface area contributed by atoms with Gasteiger partial charge in [0.1, 0.15) is 6.04 Å². The van der Waals surface area contributed by atoms with Gasteiger partial charge in [0.05, 0.1) is 0 Å². The summed E-state index contributed by atoms with van der Waals surface area (Å²) in [6.07, 6.45) is 12.1. The topological polar surface area (TPSA) is 66.4 Å². The molecule has 1 amide bonds. The Morgan fingerprint density at radius 1 is 0.963 bits per heavy atom. The second-order valence-corrected chi connectivity index (χ2v) is 8.28. The SMILES string of the molecule is CCCC(=O)NC(CSCC=C(C)CCC=C(C)CCC=C(C)C)C(=O)O. The molecule has 0 rings (SSSR count). The Labute approximate surface area is 169 Å². The Bertz CT molecular complexity index is 546. The number of carboxylic acids is 1. The lowest BCUT2D eigenvalue weighted by molar-refractivity contribution is -0.141. The fourth-order valence-corrected chi connectivity index (χ4v) is 3.39. The van der Waals surface area contributed by atoms with Crippen molar-refractivity contribution < 1.29 is 14.7 Å². The normalized spacial score (nSPS) is 13.2. The maximum Gasteiger partial charge on any atom is 0.327 e. The van der Waals surface area contributed by atoms with Crippen molar-refractivity contribution in [1.82, 2.24) is 5.32 Å². The van der Waals surface area contributed by atoms with Crippen LogP contribution >= 0.6 is 11.8 Å². The average molecular weight is 396 g/mol. The molecule has 1 atom stereocenters. The van der Waals surface area contributed by atoms with Crippen LogP contribution in [0.5, 0.6) is 0 Å². The standard InChI is InChI=1S/C22H37NO3S/c1-6-9-21(24)23-20(22(25)26)16-27-15-14-19(5)13-8-12-18(4)11-7-10-17(2)3/h10,12,14,20H,6-9,11,13,15-16H2,1-5H3,(H,23,24)(H,25,26). The first-order chi connectivity index (χ1) is 12.8. The monoisotopic (exact) mass is 395 g/mol. The zero-order valence-electron chi connectivity index (χ0n) is 17.6. The number of hydrogen-bond acceptors (Lipinski definition) is 3. The lowest BCUT2D eigenvalue weighted by Gasteiger charge is -2.13. The van der Waals surface area contributed by atoms with Crippen molar-refractivity contribution in [3.05, 3.63) is 34.9 Å². The Hall–Kier alpha value is -1.49. The van der Waals surface area contributed by atoms with E-state index in [1.807, 2.05) is 6.92 Å². The van der Waals surface area contributed by atoms with Crippen LogP contribution in [0.2, 0.25) is 0 Å². The van der Waals surface area contributed by atoms with Crippen molar-refractivity contribution in [2.24, 2.45) is 0 Å². The molecule has 0 spiro atoms. The quantitative estimate of drug-likeness (QED) is 0.301. The van der Waals surface area contributed by atoms with Crippen molar-refractivity contribution in [3.8, 4) is 0 Å². The van der Waals surface area contributed by atoms with E-state index in [2.05, 4.69) is 51.2 Å². The fourth-order valence-electron chi connectivity index (χ4n) is 2.39. The molecule has 0 aliphatic rings. The molecule has 0 heterocycles. The number of hydrogen-bond donors (Lipinski definition) is 2. The van der Waals surface area contributed by atoms with Gasteiger partial charge in [-0.1, -0.05) is 41.9 Å². The molecule has 154 valence electrons. The number of aliphatic carboxylic acids is 1. The van der Waals surface area contributed by atoms with Gasteiger partial charge >= 0.3 is 5.97 Å². The van der Waals surface area contributed by atoms with Crippen molar-refractivity contribution in [1.29, 1.82) is 0 Å². The number of carboxylic acid groups (broad SMARTS) is 1. The molecule has 0 radical (unpaired) electrons. The third kappa shape index (κ3) is 15.3. The summed E-state index contributed by atoms with van der Waals surface area (Å²) in [5, 5.41) is 11.8. The number of thioether (sulfide) groups is 1. The number of carbonyl (C=O) groups is 2. The average Bonchev–Trinajstić information content (AvgIpc) is 2.57. The van der Waals surface area contributed by atoms with E-state index in [-0.39, 0.29) is 5.91 Å². The molecule has 0 aliphatic carbocycles. The minimum atomic E-state index is -0.971. The van der Waals surface area contributed by atoms with Gasteiger partial charge in [0, 0.05) is 17.9 Å². The first-order valence-corrected chi connectivity index (χ1v) is 11.0. The lowest BCUT2D eigenvalue weighted by atomic mass is 10.1. The summed E-state index contributed by atoms with van der Waals surface area (Å²) in [5.74, 6) is -0.00847. The van der Waals surface area contributed by atoms with E-state index in [0.29, 0.717) is 12.2 Å². The third-order valence-electron chi connectivity index (χ3n) is 4.07. The molecular formula is C22H37NO3S. The van der Waals surface area contributed by atoms with Gasteiger partial charge < -0.3 is 10.4 Å². The summed E-state index contributed by atoms with van der Waals surface area (Å²) in [6, 6.07) is -0.811. The zero-order chi connectivity index (χ0) is 20.7. The zero-order valence-corrected chi connectivity index (χ0v) is 18.5. The Morgan fingerprint density at radius 2 is 1.56 bits per heavy atom. The van der Waals surface area contributed by atoms with E-state index < -0.39 is 12.0 Å². The van der Waals surface area contributed by atoms with Crippen molar-refractivity contribution >= 4 is 23.6 Å². The molecule has 27 heavy (non-hydrogen) atoms. The number of nitrogens with one attached hydrogen (secondary N) is 1. The summed E-state index contributed by atoms with van der Waals surface area (Å²) in [7, 11) is 0. The van der Waals surface area contributed by atoms with Gasteiger partial charge in [0.25, 0.3) is 0 Å². The summed E-state index contributed by atoms with van der Waals surface area (Å²) in [6.45, 7) is 10.5. The molecule has 4 nitrogen and oxygen atoms in total. The fraction of sp³-hybridized carbons (Fsp3) is 0.636. The number of carbonyl (C=O) groups excluding carboxylic acids is 1. The molecule has 0 bridgehead atoms.